The summed E-state index contributed by atoms with van der Waals surface area (Å²) in [5, 5.41) is 4.81. The highest BCUT2D eigenvalue weighted by atomic mass is 35.5. The maximum absolute atomic E-state index is 6.21. The topological polar surface area (TPSA) is 12.0 Å². The van der Waals surface area contributed by atoms with Crippen LogP contribution in [0.25, 0.3) is 0 Å². The Morgan fingerprint density at radius 3 is 2.44 bits per heavy atom. The van der Waals surface area contributed by atoms with E-state index >= 15 is 0 Å². The molecule has 0 aromatic heterocycles. The van der Waals surface area contributed by atoms with Gasteiger partial charge in [0.15, 0.2) is 0 Å². The van der Waals surface area contributed by atoms with Gasteiger partial charge in [-0.1, -0.05) is 47.5 Å². The highest BCUT2D eigenvalue weighted by molar-refractivity contribution is 6.35. The first-order valence-corrected chi connectivity index (χ1v) is 6.60. The Hall–Kier alpha value is -1.18. The minimum absolute atomic E-state index is 0.135. The second kappa shape index (κ2) is 5.64. The standard InChI is InChI=1S/C15H15Cl2N/c1-10-5-3-4-6-15(10)18-11(2)13-8-7-12(16)9-14(13)17/h3-9,11,18H,1-2H3. The molecule has 0 radical (unpaired) electrons. The molecule has 2 aromatic carbocycles. The van der Waals surface area contributed by atoms with Crippen molar-refractivity contribution in [1.29, 1.82) is 0 Å². The third-order valence-corrected chi connectivity index (χ3v) is 3.51. The largest absolute Gasteiger partial charge is 0.378 e. The number of halogens is 2. The van der Waals surface area contributed by atoms with Crippen molar-refractivity contribution in [2.45, 2.75) is 19.9 Å². The average molecular weight is 280 g/mol. The summed E-state index contributed by atoms with van der Waals surface area (Å²) in [6.45, 7) is 4.17. The molecule has 18 heavy (non-hydrogen) atoms. The van der Waals surface area contributed by atoms with E-state index in [4.69, 9.17) is 23.2 Å². The molecule has 1 N–H and O–H groups in total. The molecule has 0 saturated heterocycles. The lowest BCUT2D eigenvalue weighted by atomic mass is 10.1. The van der Waals surface area contributed by atoms with Gasteiger partial charge in [-0.2, -0.15) is 0 Å². The number of hydrogen-bond donors (Lipinski definition) is 1. The van der Waals surface area contributed by atoms with Crippen LogP contribution in [0.5, 0.6) is 0 Å². The van der Waals surface area contributed by atoms with Gasteiger partial charge in [-0.3, -0.25) is 0 Å². The predicted molar refractivity (Wildman–Crippen MR) is 79.7 cm³/mol. The molecule has 2 rings (SSSR count). The summed E-state index contributed by atoms with van der Waals surface area (Å²) >= 11 is 12.1. The van der Waals surface area contributed by atoms with Gasteiger partial charge in [-0.15, -0.1) is 0 Å². The Labute approximate surface area is 118 Å². The van der Waals surface area contributed by atoms with Crippen molar-refractivity contribution in [1.82, 2.24) is 0 Å². The summed E-state index contributed by atoms with van der Waals surface area (Å²) < 4.78 is 0. The average Bonchev–Trinajstić information content (AvgIpc) is 2.32. The zero-order valence-electron chi connectivity index (χ0n) is 10.4. The first-order valence-electron chi connectivity index (χ1n) is 5.85. The van der Waals surface area contributed by atoms with Crippen LogP contribution < -0.4 is 5.32 Å². The van der Waals surface area contributed by atoms with E-state index in [2.05, 4.69) is 31.3 Å². The van der Waals surface area contributed by atoms with Crippen molar-refractivity contribution >= 4 is 28.9 Å². The van der Waals surface area contributed by atoms with Crippen molar-refractivity contribution < 1.29 is 0 Å². The number of aryl methyl sites for hydroxylation is 1. The molecule has 0 spiro atoms. The molecule has 94 valence electrons. The van der Waals surface area contributed by atoms with Crippen molar-refractivity contribution in [3.8, 4) is 0 Å². The Morgan fingerprint density at radius 1 is 1.06 bits per heavy atom. The van der Waals surface area contributed by atoms with Crippen molar-refractivity contribution in [3.63, 3.8) is 0 Å². The summed E-state index contributed by atoms with van der Waals surface area (Å²) in [6.07, 6.45) is 0. The second-order valence-electron chi connectivity index (χ2n) is 4.35. The van der Waals surface area contributed by atoms with Crippen molar-refractivity contribution in [2.24, 2.45) is 0 Å². The van der Waals surface area contributed by atoms with Crippen LogP contribution in [0.4, 0.5) is 5.69 Å². The Morgan fingerprint density at radius 2 is 1.78 bits per heavy atom. The van der Waals surface area contributed by atoms with Gasteiger partial charge in [0.05, 0.1) is 6.04 Å². The Bertz CT molecular complexity index is 552. The monoisotopic (exact) mass is 279 g/mol. The maximum atomic E-state index is 6.21. The van der Waals surface area contributed by atoms with E-state index in [1.165, 1.54) is 5.56 Å². The number of para-hydroxylation sites is 1. The normalized spacial score (nSPS) is 12.2. The van der Waals surface area contributed by atoms with Crippen LogP contribution in [0, 0.1) is 6.92 Å². The summed E-state index contributed by atoms with van der Waals surface area (Å²) in [6, 6.07) is 13.9. The van der Waals surface area contributed by atoms with E-state index in [0.29, 0.717) is 10.0 Å². The van der Waals surface area contributed by atoms with Crippen LogP contribution in [0.3, 0.4) is 0 Å². The van der Waals surface area contributed by atoms with Gasteiger partial charge in [0, 0.05) is 15.7 Å². The van der Waals surface area contributed by atoms with E-state index < -0.39 is 0 Å². The smallest absolute Gasteiger partial charge is 0.0500 e. The van der Waals surface area contributed by atoms with Crippen LogP contribution in [0.1, 0.15) is 24.1 Å². The predicted octanol–water partition coefficient (Wildman–Crippen LogP) is 5.47. The van der Waals surface area contributed by atoms with E-state index in [1.54, 1.807) is 6.07 Å². The summed E-state index contributed by atoms with van der Waals surface area (Å²) in [4.78, 5) is 0. The molecule has 0 fully saturated rings. The molecular formula is C15H15Cl2N. The van der Waals surface area contributed by atoms with Gasteiger partial charge in [-0.05, 0) is 43.2 Å². The lowest BCUT2D eigenvalue weighted by Crippen LogP contribution is -2.08. The quantitative estimate of drug-likeness (QED) is 0.785. The molecule has 1 nitrogen and oxygen atoms in total. The lowest BCUT2D eigenvalue weighted by Gasteiger charge is -2.18. The number of nitrogens with one attached hydrogen (secondary N) is 1. The molecule has 0 amide bonds. The van der Waals surface area contributed by atoms with Gasteiger partial charge >= 0.3 is 0 Å². The van der Waals surface area contributed by atoms with E-state index in [-0.39, 0.29) is 6.04 Å². The molecule has 2 aromatic rings. The molecule has 1 atom stereocenters. The van der Waals surface area contributed by atoms with Gasteiger partial charge in [0.2, 0.25) is 0 Å². The van der Waals surface area contributed by atoms with Crippen LogP contribution in [0.2, 0.25) is 10.0 Å². The molecule has 1 unspecified atom stereocenters. The van der Waals surface area contributed by atoms with Gasteiger partial charge < -0.3 is 5.32 Å². The number of anilines is 1. The van der Waals surface area contributed by atoms with E-state index in [9.17, 15) is 0 Å². The highest BCUT2D eigenvalue weighted by Gasteiger charge is 2.10. The fourth-order valence-electron chi connectivity index (χ4n) is 1.90. The highest BCUT2D eigenvalue weighted by Crippen LogP contribution is 2.29. The molecule has 0 aliphatic carbocycles. The minimum atomic E-state index is 0.135. The molecule has 0 aliphatic rings. The number of benzene rings is 2. The van der Waals surface area contributed by atoms with E-state index in [1.807, 2.05) is 24.3 Å². The summed E-state index contributed by atoms with van der Waals surface area (Å²) in [5.74, 6) is 0. The Balaban J connectivity index is 2.22. The SMILES string of the molecule is Cc1ccccc1NC(C)c1ccc(Cl)cc1Cl. The van der Waals surface area contributed by atoms with Crippen molar-refractivity contribution in [2.75, 3.05) is 5.32 Å². The van der Waals surface area contributed by atoms with Crippen LogP contribution in [-0.4, -0.2) is 0 Å². The van der Waals surface area contributed by atoms with Gasteiger partial charge in [0.25, 0.3) is 0 Å². The molecule has 3 heteroatoms. The lowest BCUT2D eigenvalue weighted by molar-refractivity contribution is 0.883. The number of rotatable bonds is 3. The summed E-state index contributed by atoms with van der Waals surface area (Å²) in [5.41, 5.74) is 3.38. The van der Waals surface area contributed by atoms with Gasteiger partial charge in [0.1, 0.15) is 0 Å². The van der Waals surface area contributed by atoms with Crippen LogP contribution in [-0.2, 0) is 0 Å². The molecular weight excluding hydrogens is 265 g/mol. The Kier molecular flexibility index (Phi) is 4.15. The van der Waals surface area contributed by atoms with Gasteiger partial charge in [-0.25, -0.2) is 0 Å². The third-order valence-electron chi connectivity index (χ3n) is 2.95. The minimum Gasteiger partial charge on any atom is -0.378 e. The second-order valence-corrected chi connectivity index (χ2v) is 5.19. The van der Waals surface area contributed by atoms with Crippen LogP contribution >= 0.6 is 23.2 Å². The zero-order valence-corrected chi connectivity index (χ0v) is 11.9. The molecule has 0 aliphatic heterocycles. The van der Waals surface area contributed by atoms with Crippen LogP contribution in [0.15, 0.2) is 42.5 Å². The van der Waals surface area contributed by atoms with Crippen molar-refractivity contribution in [3.05, 3.63) is 63.6 Å². The summed E-state index contributed by atoms with van der Waals surface area (Å²) in [7, 11) is 0. The molecule has 0 heterocycles. The fourth-order valence-corrected chi connectivity index (χ4v) is 2.47. The molecule has 0 bridgehead atoms. The third kappa shape index (κ3) is 2.98. The first-order chi connectivity index (χ1) is 8.58. The zero-order chi connectivity index (χ0) is 13.1. The maximum Gasteiger partial charge on any atom is 0.0500 e. The first kappa shape index (κ1) is 13.3. The fraction of sp³-hybridized carbons (Fsp3) is 0.200. The number of hydrogen-bond acceptors (Lipinski definition) is 1. The van der Waals surface area contributed by atoms with E-state index in [0.717, 1.165) is 11.3 Å². The molecule has 0 saturated carbocycles.